The second kappa shape index (κ2) is 11.6. The van der Waals surface area contributed by atoms with E-state index >= 15 is 0 Å². The number of thiazole rings is 1. The molecule has 2 aliphatic rings. The Morgan fingerprint density at radius 1 is 1.03 bits per heavy atom. The van der Waals surface area contributed by atoms with Crippen LogP contribution in [0.3, 0.4) is 0 Å². The van der Waals surface area contributed by atoms with Crippen molar-refractivity contribution in [3.8, 4) is 11.9 Å². The van der Waals surface area contributed by atoms with E-state index in [0.717, 1.165) is 10.6 Å². The topological polar surface area (TPSA) is 143 Å². The molecule has 0 saturated carbocycles. The summed E-state index contributed by atoms with van der Waals surface area (Å²) in [4.78, 5) is 41.9. The largest absolute Gasteiger partial charge is 0.481 e. The van der Waals surface area contributed by atoms with Crippen LogP contribution in [0, 0.1) is 0 Å². The summed E-state index contributed by atoms with van der Waals surface area (Å²) < 4.78 is 15.8. The van der Waals surface area contributed by atoms with Crippen molar-refractivity contribution in [2.24, 2.45) is 0 Å². The van der Waals surface area contributed by atoms with E-state index in [1.54, 1.807) is 42.5 Å². The zero-order valence-electron chi connectivity index (χ0n) is 21.0. The van der Waals surface area contributed by atoms with Crippen molar-refractivity contribution in [3.05, 3.63) is 46.5 Å². The number of fused-ring (bicyclic) bond motifs is 1. The summed E-state index contributed by atoms with van der Waals surface area (Å²) in [6.07, 6.45) is 0.689. The fraction of sp³-hybridized carbons (Fsp3) is 0.375. The molecule has 1 saturated heterocycles. The van der Waals surface area contributed by atoms with Gasteiger partial charge in [0.2, 0.25) is 5.88 Å². The first kappa shape index (κ1) is 25.6. The van der Waals surface area contributed by atoms with Gasteiger partial charge in [0, 0.05) is 37.0 Å². The Morgan fingerprint density at radius 2 is 1.84 bits per heavy atom. The zero-order valence-corrected chi connectivity index (χ0v) is 21.8. The first-order valence-corrected chi connectivity index (χ1v) is 12.9. The highest BCUT2D eigenvalue weighted by Gasteiger charge is 2.24. The third-order valence-electron chi connectivity index (χ3n) is 6.03. The number of carbonyl (C=O) groups excluding carboxylic acids is 2. The van der Waals surface area contributed by atoms with E-state index in [1.807, 2.05) is 0 Å². The molecule has 5 rings (SSSR count). The van der Waals surface area contributed by atoms with Crippen LogP contribution in [0.25, 0.3) is 0 Å². The first-order chi connectivity index (χ1) is 18.5. The molecule has 13 nitrogen and oxygen atoms in total. The van der Waals surface area contributed by atoms with Crippen molar-refractivity contribution < 1.29 is 23.8 Å². The molecule has 3 aromatic rings. The highest BCUT2D eigenvalue weighted by atomic mass is 32.1. The molecule has 3 N–H and O–H groups in total. The lowest BCUT2D eigenvalue weighted by Gasteiger charge is -2.27. The van der Waals surface area contributed by atoms with Crippen LogP contribution in [0.2, 0.25) is 0 Å². The number of urea groups is 1. The molecular weight excluding hydrogens is 512 g/mol. The van der Waals surface area contributed by atoms with Gasteiger partial charge in [-0.15, -0.1) is 0 Å². The lowest BCUT2D eigenvalue weighted by atomic mass is 10.1. The van der Waals surface area contributed by atoms with Gasteiger partial charge in [0.15, 0.2) is 5.13 Å². The Morgan fingerprint density at radius 3 is 2.63 bits per heavy atom. The van der Waals surface area contributed by atoms with Crippen LogP contribution in [0.15, 0.2) is 30.3 Å². The maximum Gasteiger partial charge on any atom is 0.325 e. The van der Waals surface area contributed by atoms with E-state index in [9.17, 15) is 9.59 Å². The van der Waals surface area contributed by atoms with E-state index in [0.29, 0.717) is 73.9 Å². The van der Waals surface area contributed by atoms with Gasteiger partial charge in [-0.25, -0.2) is 14.8 Å². The molecule has 0 spiro atoms. The molecule has 0 bridgehead atoms. The van der Waals surface area contributed by atoms with Gasteiger partial charge in [-0.05, 0) is 12.1 Å². The molecule has 0 atom stereocenters. The summed E-state index contributed by atoms with van der Waals surface area (Å²) in [5, 5.41) is 7.86. The Balaban J connectivity index is 1.23. The van der Waals surface area contributed by atoms with E-state index in [4.69, 9.17) is 14.2 Å². The van der Waals surface area contributed by atoms with Crippen molar-refractivity contribution in [2.75, 3.05) is 62.6 Å². The van der Waals surface area contributed by atoms with Crippen LogP contribution >= 0.6 is 11.3 Å². The number of rotatable bonds is 7. The van der Waals surface area contributed by atoms with Crippen LogP contribution < -0.4 is 30.4 Å². The van der Waals surface area contributed by atoms with Gasteiger partial charge >= 0.3 is 12.0 Å². The number of anilines is 3. The van der Waals surface area contributed by atoms with Gasteiger partial charge in [0.05, 0.1) is 50.9 Å². The summed E-state index contributed by atoms with van der Waals surface area (Å²) in [6.45, 7) is 3.58. The predicted molar refractivity (Wildman–Crippen MR) is 141 cm³/mol. The van der Waals surface area contributed by atoms with Crippen molar-refractivity contribution in [3.63, 3.8) is 0 Å². The molecule has 0 radical (unpaired) electrons. The number of hydrogen-bond acceptors (Lipinski definition) is 11. The van der Waals surface area contributed by atoms with Crippen LogP contribution in [0.4, 0.5) is 21.4 Å². The minimum Gasteiger partial charge on any atom is -0.481 e. The van der Waals surface area contributed by atoms with E-state index in [2.05, 4.69) is 35.9 Å². The summed E-state index contributed by atoms with van der Waals surface area (Å²) in [5.74, 6) is 0.803. The molecule has 0 unspecified atom stereocenters. The third-order valence-corrected chi connectivity index (χ3v) is 7.02. The second-order valence-electron chi connectivity index (χ2n) is 8.48. The van der Waals surface area contributed by atoms with Crippen LogP contribution in [0.1, 0.15) is 20.9 Å². The fourth-order valence-corrected chi connectivity index (χ4v) is 5.13. The average Bonchev–Trinajstić information content (AvgIpc) is 3.34. The quantitative estimate of drug-likeness (QED) is 0.408. The van der Waals surface area contributed by atoms with Crippen molar-refractivity contribution >= 4 is 39.9 Å². The highest BCUT2D eigenvalue weighted by Crippen LogP contribution is 2.31. The monoisotopic (exact) mass is 540 g/mol. The number of morpholine rings is 1. The molecule has 3 amide bonds. The number of hydrogen-bond donors (Lipinski definition) is 3. The molecule has 2 aliphatic heterocycles. The maximum absolute atomic E-state index is 12.8. The summed E-state index contributed by atoms with van der Waals surface area (Å²) >= 11 is 1.40. The molecule has 14 heteroatoms. The smallest absolute Gasteiger partial charge is 0.325 e. The molecule has 1 fully saturated rings. The number of amides is 3. The molecule has 38 heavy (non-hydrogen) atoms. The van der Waals surface area contributed by atoms with Gasteiger partial charge < -0.3 is 24.4 Å². The molecule has 200 valence electrons. The van der Waals surface area contributed by atoms with Gasteiger partial charge in [0.1, 0.15) is 5.82 Å². The minimum absolute atomic E-state index is 0.229. The number of para-hydroxylation sites is 1. The number of hydrazine groups is 1. The van der Waals surface area contributed by atoms with Crippen molar-refractivity contribution in [1.29, 1.82) is 0 Å². The zero-order chi connectivity index (χ0) is 26.5. The number of nitrogens with one attached hydrogen (secondary N) is 3. The molecular formula is C24H28N8O5S. The van der Waals surface area contributed by atoms with Gasteiger partial charge in [-0.3, -0.25) is 15.5 Å². The fourth-order valence-electron chi connectivity index (χ4n) is 4.11. The van der Waals surface area contributed by atoms with Crippen LogP contribution in [-0.2, 0) is 17.7 Å². The van der Waals surface area contributed by atoms with Gasteiger partial charge in [-0.1, -0.05) is 23.5 Å². The molecule has 2 aromatic heterocycles. The van der Waals surface area contributed by atoms with Crippen LogP contribution in [0.5, 0.6) is 11.9 Å². The minimum atomic E-state index is -0.482. The highest BCUT2D eigenvalue weighted by molar-refractivity contribution is 7.15. The molecule has 0 aliphatic carbocycles. The second-order valence-corrected chi connectivity index (χ2v) is 9.56. The Hall–Kier alpha value is -4.01. The normalized spacial score (nSPS) is 15.4. The first-order valence-electron chi connectivity index (χ1n) is 12.0. The third kappa shape index (κ3) is 5.93. The Kier molecular flexibility index (Phi) is 7.81. The summed E-state index contributed by atoms with van der Waals surface area (Å²) in [6, 6.07) is 8.36. The SMILES string of the molecule is COc1cc(N2CCc3nc(NC(=O)Nc4ccccc4C(=O)NN4CCOCC4)sc3C2)nc(OC)n1. The lowest BCUT2D eigenvalue weighted by molar-refractivity contribution is 0.0126. The van der Waals surface area contributed by atoms with Crippen molar-refractivity contribution in [1.82, 2.24) is 25.4 Å². The van der Waals surface area contributed by atoms with Crippen LogP contribution in [-0.4, -0.2) is 79.0 Å². The number of benzene rings is 1. The number of nitrogens with zero attached hydrogens (tertiary/aromatic N) is 5. The number of carbonyl (C=O) groups is 2. The van der Waals surface area contributed by atoms with E-state index < -0.39 is 6.03 Å². The predicted octanol–water partition coefficient (Wildman–Crippen LogP) is 2.13. The average molecular weight is 541 g/mol. The summed E-state index contributed by atoms with van der Waals surface area (Å²) in [5.41, 5.74) is 4.55. The maximum atomic E-state index is 12.8. The lowest BCUT2D eigenvalue weighted by Crippen LogP contribution is -2.48. The van der Waals surface area contributed by atoms with Crippen molar-refractivity contribution in [2.45, 2.75) is 13.0 Å². The van der Waals surface area contributed by atoms with E-state index in [1.165, 1.54) is 18.4 Å². The number of aromatic nitrogens is 3. The van der Waals surface area contributed by atoms with Gasteiger partial charge in [-0.2, -0.15) is 9.97 Å². The number of methoxy groups -OCH3 is 2. The molecule has 1 aromatic carbocycles. The standard InChI is InChI=1S/C24H28N8O5S/c1-35-20-13-19(27-23(28-20)36-2)31-8-7-17-18(14-31)38-24(26-17)29-22(34)25-16-6-4-3-5-15(16)21(33)30-32-9-11-37-12-10-32/h3-6,13H,7-12,14H2,1-2H3,(H,30,33)(H2,25,26,29,34). The molecule has 4 heterocycles. The number of ether oxygens (including phenoxy) is 3. The Labute approximate surface area is 223 Å². The van der Waals surface area contributed by atoms with E-state index in [-0.39, 0.29) is 11.9 Å². The van der Waals surface area contributed by atoms with Gasteiger partial charge in [0.25, 0.3) is 5.91 Å². The Bertz CT molecular complexity index is 1290. The summed E-state index contributed by atoms with van der Waals surface area (Å²) in [7, 11) is 3.05.